The molecule has 2 aliphatic heterocycles. The first-order chi connectivity index (χ1) is 18.1. The first-order valence-corrected chi connectivity index (χ1v) is 11.9. The molecule has 37 heavy (non-hydrogen) atoms. The molecule has 3 atom stereocenters. The summed E-state index contributed by atoms with van der Waals surface area (Å²) in [6.07, 6.45) is -1.53. The van der Waals surface area contributed by atoms with Crippen molar-refractivity contribution >= 4 is 17.8 Å². The second kappa shape index (κ2) is 10.7. The Bertz CT molecular complexity index is 1260. The standard InChI is InChI=1S/C29H26N2O6/c1-19(17-32)25(29(34)37-26(20-11-5-2-6-12-20)21-13-7-3-8-14-21)31-27(33)24-28(31)36-23(30-24)18-35-22-15-9-4-10-16-22/h2-16,24-26,28,32H,1,17-18H2/t24?,25-,28?/m1/s1. The van der Waals surface area contributed by atoms with Gasteiger partial charge in [-0.3, -0.25) is 9.69 Å². The molecule has 5 rings (SSSR count). The van der Waals surface area contributed by atoms with Gasteiger partial charge in [-0.15, -0.1) is 0 Å². The van der Waals surface area contributed by atoms with E-state index in [1.54, 1.807) is 12.1 Å². The Morgan fingerprint density at radius 3 is 2.11 bits per heavy atom. The minimum Gasteiger partial charge on any atom is -0.484 e. The van der Waals surface area contributed by atoms with Crippen LogP contribution >= 0.6 is 0 Å². The Morgan fingerprint density at radius 2 is 1.54 bits per heavy atom. The number of para-hydroxylation sites is 1. The van der Waals surface area contributed by atoms with Crippen LogP contribution in [0.4, 0.5) is 0 Å². The van der Waals surface area contributed by atoms with Gasteiger partial charge in [0.2, 0.25) is 12.1 Å². The fourth-order valence-corrected chi connectivity index (χ4v) is 4.37. The number of hydrogen-bond donors (Lipinski definition) is 1. The number of likely N-dealkylation sites (tertiary alicyclic amines) is 1. The molecule has 3 aromatic carbocycles. The van der Waals surface area contributed by atoms with Gasteiger partial charge < -0.3 is 19.3 Å². The number of fused-ring (bicyclic) bond motifs is 1. The molecule has 0 radical (unpaired) electrons. The predicted octanol–water partition coefficient (Wildman–Crippen LogP) is 3.28. The quantitative estimate of drug-likeness (QED) is 0.262. The van der Waals surface area contributed by atoms with Crippen molar-refractivity contribution in [3.63, 3.8) is 0 Å². The van der Waals surface area contributed by atoms with Crippen LogP contribution in [0.5, 0.6) is 5.75 Å². The molecular formula is C29H26N2O6. The average molecular weight is 499 g/mol. The molecular weight excluding hydrogens is 472 g/mol. The second-order valence-electron chi connectivity index (χ2n) is 8.68. The number of rotatable bonds is 10. The van der Waals surface area contributed by atoms with Gasteiger partial charge in [0.25, 0.3) is 5.91 Å². The van der Waals surface area contributed by atoms with Gasteiger partial charge in [0.15, 0.2) is 24.8 Å². The zero-order valence-electron chi connectivity index (χ0n) is 20.0. The molecule has 0 bridgehead atoms. The molecule has 1 saturated heterocycles. The summed E-state index contributed by atoms with van der Waals surface area (Å²) < 4.78 is 17.5. The first-order valence-electron chi connectivity index (χ1n) is 11.9. The molecule has 2 unspecified atom stereocenters. The van der Waals surface area contributed by atoms with Crippen LogP contribution in [-0.2, 0) is 19.1 Å². The topological polar surface area (TPSA) is 97.7 Å². The van der Waals surface area contributed by atoms with Crippen LogP contribution in [0.2, 0.25) is 0 Å². The maximum absolute atomic E-state index is 13.6. The highest BCUT2D eigenvalue weighted by Gasteiger charge is 2.58. The lowest BCUT2D eigenvalue weighted by Crippen LogP contribution is -2.68. The molecule has 0 aromatic heterocycles. The van der Waals surface area contributed by atoms with Gasteiger partial charge >= 0.3 is 5.97 Å². The van der Waals surface area contributed by atoms with Gasteiger partial charge in [-0.05, 0) is 28.8 Å². The van der Waals surface area contributed by atoms with Crippen LogP contribution in [0.25, 0.3) is 0 Å². The number of carbonyl (C=O) groups excluding carboxylic acids is 2. The highest BCUT2D eigenvalue weighted by atomic mass is 16.6. The van der Waals surface area contributed by atoms with Crippen molar-refractivity contribution in [1.82, 2.24) is 4.90 Å². The molecule has 2 heterocycles. The minimum absolute atomic E-state index is 0.0400. The number of nitrogens with zero attached hydrogens (tertiary/aromatic N) is 2. The zero-order chi connectivity index (χ0) is 25.8. The van der Waals surface area contributed by atoms with Crippen molar-refractivity contribution in [3.05, 3.63) is 114 Å². The van der Waals surface area contributed by atoms with Crippen LogP contribution in [0.1, 0.15) is 17.2 Å². The van der Waals surface area contributed by atoms with Gasteiger partial charge in [0.1, 0.15) is 5.75 Å². The fourth-order valence-electron chi connectivity index (χ4n) is 4.37. The Hall–Kier alpha value is -4.43. The molecule has 1 amide bonds. The number of ether oxygens (including phenoxy) is 3. The monoisotopic (exact) mass is 498 g/mol. The van der Waals surface area contributed by atoms with Crippen molar-refractivity contribution in [2.75, 3.05) is 13.2 Å². The third-order valence-corrected chi connectivity index (χ3v) is 6.23. The molecule has 0 saturated carbocycles. The number of carbonyl (C=O) groups is 2. The van der Waals surface area contributed by atoms with E-state index in [9.17, 15) is 14.7 Å². The van der Waals surface area contributed by atoms with E-state index in [0.717, 1.165) is 11.1 Å². The summed E-state index contributed by atoms with van der Waals surface area (Å²) in [7, 11) is 0. The van der Waals surface area contributed by atoms with E-state index in [1.165, 1.54) is 4.90 Å². The van der Waals surface area contributed by atoms with Crippen molar-refractivity contribution in [2.24, 2.45) is 4.99 Å². The Kier molecular flexibility index (Phi) is 7.00. The summed E-state index contributed by atoms with van der Waals surface area (Å²) in [6, 6.07) is 25.8. The van der Waals surface area contributed by atoms with Crippen molar-refractivity contribution in [3.8, 4) is 5.75 Å². The van der Waals surface area contributed by atoms with E-state index in [4.69, 9.17) is 14.2 Å². The van der Waals surface area contributed by atoms with Gasteiger partial charge in [-0.25, -0.2) is 9.79 Å². The van der Waals surface area contributed by atoms with E-state index in [-0.39, 0.29) is 18.1 Å². The van der Waals surface area contributed by atoms with Gasteiger partial charge in [-0.2, -0.15) is 0 Å². The summed E-state index contributed by atoms with van der Waals surface area (Å²) in [4.78, 5) is 32.1. The summed E-state index contributed by atoms with van der Waals surface area (Å²) >= 11 is 0. The zero-order valence-corrected chi connectivity index (χ0v) is 20.0. The SMILES string of the molecule is C=C(CO)[C@H](C(=O)OC(c1ccccc1)c1ccccc1)N1C(=O)C2N=C(COc3ccccc3)OC21. The molecule has 8 nitrogen and oxygen atoms in total. The van der Waals surface area contributed by atoms with E-state index < -0.39 is 42.9 Å². The highest BCUT2D eigenvalue weighted by Crippen LogP contribution is 2.35. The van der Waals surface area contributed by atoms with E-state index in [2.05, 4.69) is 11.6 Å². The second-order valence-corrected chi connectivity index (χ2v) is 8.68. The van der Waals surface area contributed by atoms with Crippen LogP contribution in [0.15, 0.2) is 108 Å². The summed E-state index contributed by atoms with van der Waals surface area (Å²) in [5.41, 5.74) is 1.65. The third kappa shape index (κ3) is 4.96. The smallest absolute Gasteiger partial charge is 0.334 e. The van der Waals surface area contributed by atoms with Gasteiger partial charge in [-0.1, -0.05) is 85.4 Å². The molecule has 0 spiro atoms. The average Bonchev–Trinajstić information content (AvgIpc) is 3.33. The van der Waals surface area contributed by atoms with E-state index >= 15 is 0 Å². The maximum atomic E-state index is 13.6. The van der Waals surface area contributed by atoms with Crippen LogP contribution < -0.4 is 4.74 Å². The Balaban J connectivity index is 1.33. The third-order valence-electron chi connectivity index (χ3n) is 6.23. The number of hydrogen-bond acceptors (Lipinski definition) is 7. The van der Waals surface area contributed by atoms with Crippen molar-refractivity contribution in [1.29, 1.82) is 0 Å². The lowest BCUT2D eigenvalue weighted by atomic mass is 9.97. The van der Waals surface area contributed by atoms with Crippen molar-refractivity contribution in [2.45, 2.75) is 24.4 Å². The summed E-state index contributed by atoms with van der Waals surface area (Å²) in [6.45, 7) is 3.36. The largest absolute Gasteiger partial charge is 0.484 e. The number of esters is 1. The molecule has 8 heteroatoms. The lowest BCUT2D eigenvalue weighted by molar-refractivity contribution is -0.179. The molecule has 3 aromatic rings. The molecule has 2 aliphatic rings. The Morgan fingerprint density at radius 1 is 0.973 bits per heavy atom. The number of aliphatic hydroxyl groups is 1. The Labute approximate surface area is 214 Å². The number of benzene rings is 3. The molecule has 1 N–H and O–H groups in total. The van der Waals surface area contributed by atoms with E-state index in [0.29, 0.717) is 5.75 Å². The van der Waals surface area contributed by atoms with E-state index in [1.807, 2.05) is 78.9 Å². The van der Waals surface area contributed by atoms with Crippen molar-refractivity contribution < 1.29 is 28.9 Å². The highest BCUT2D eigenvalue weighted by molar-refractivity contribution is 5.99. The predicted molar refractivity (Wildman–Crippen MR) is 136 cm³/mol. The normalized spacial score (nSPS) is 18.8. The number of aliphatic hydroxyl groups excluding tert-OH is 1. The van der Waals surface area contributed by atoms with Gasteiger partial charge in [0, 0.05) is 0 Å². The lowest BCUT2D eigenvalue weighted by Gasteiger charge is -2.44. The van der Waals surface area contributed by atoms with Gasteiger partial charge in [0.05, 0.1) is 6.61 Å². The van der Waals surface area contributed by atoms with Crippen LogP contribution in [-0.4, -0.2) is 59.3 Å². The minimum atomic E-state index is -1.24. The van der Waals surface area contributed by atoms with Crippen LogP contribution in [0.3, 0.4) is 0 Å². The molecule has 188 valence electrons. The fraction of sp³-hybridized carbons (Fsp3) is 0.207. The molecule has 1 fully saturated rings. The molecule has 0 aliphatic carbocycles. The summed E-state index contributed by atoms with van der Waals surface area (Å²) in [5, 5.41) is 9.85. The first kappa shape index (κ1) is 24.3. The van der Waals surface area contributed by atoms with Crippen LogP contribution in [0, 0.1) is 0 Å². The number of aliphatic imine (C=N–C) groups is 1. The number of β-lactam (4-membered cyclic amide) rings is 1. The summed E-state index contributed by atoms with van der Waals surface area (Å²) in [5.74, 6) is -0.240. The maximum Gasteiger partial charge on any atom is 0.334 e. The number of amides is 1.